The van der Waals surface area contributed by atoms with E-state index in [1.165, 1.54) is 18.5 Å². The molecule has 1 N–H and O–H groups in total. The summed E-state index contributed by atoms with van der Waals surface area (Å²) in [5, 5.41) is 4.12. The molecule has 0 bridgehead atoms. The molecule has 0 amide bonds. The fourth-order valence-corrected chi connectivity index (χ4v) is 2.34. The van der Waals surface area contributed by atoms with Crippen LogP contribution in [0.15, 0.2) is 18.2 Å². The molecule has 0 aliphatic carbocycles. The molecule has 0 atom stereocenters. The van der Waals surface area contributed by atoms with Crippen LogP contribution in [0, 0.1) is 0 Å². The molecular weight excluding hydrogens is 208 g/mol. The van der Waals surface area contributed by atoms with Gasteiger partial charge in [0.05, 0.1) is 10.7 Å². The Balaban J connectivity index is 2.18. The predicted molar refractivity (Wildman–Crippen MR) is 67.1 cm³/mol. The average Bonchev–Trinajstić information content (AvgIpc) is 2.71. The maximum absolute atomic E-state index is 6.26. The minimum atomic E-state index is 0.857. The Kier molecular flexibility index (Phi) is 3.37. The van der Waals surface area contributed by atoms with Crippen LogP contribution in [0.5, 0.6) is 0 Å². The van der Waals surface area contributed by atoms with Crippen molar-refractivity contribution in [2.45, 2.75) is 19.8 Å². The molecule has 0 radical (unpaired) electrons. The molecule has 1 heterocycles. The molecule has 82 valence electrons. The molecule has 2 nitrogen and oxygen atoms in total. The molecule has 1 fully saturated rings. The molecule has 1 saturated heterocycles. The monoisotopic (exact) mass is 224 g/mol. The zero-order valence-corrected chi connectivity index (χ0v) is 9.85. The first kappa shape index (κ1) is 10.6. The zero-order valence-electron chi connectivity index (χ0n) is 9.09. The topological polar surface area (TPSA) is 15.3 Å². The number of halogens is 1. The third-order valence-corrected chi connectivity index (χ3v) is 3.08. The Morgan fingerprint density at radius 1 is 1.33 bits per heavy atom. The Bertz CT molecular complexity index is 332. The molecule has 0 aromatic heterocycles. The second-order valence-corrected chi connectivity index (χ2v) is 4.30. The van der Waals surface area contributed by atoms with E-state index in [0.29, 0.717) is 0 Å². The van der Waals surface area contributed by atoms with Crippen LogP contribution in [0.4, 0.5) is 11.4 Å². The van der Waals surface area contributed by atoms with Gasteiger partial charge in [0.25, 0.3) is 0 Å². The van der Waals surface area contributed by atoms with Crippen LogP contribution in [0.2, 0.25) is 5.02 Å². The highest BCUT2D eigenvalue weighted by Gasteiger charge is 2.14. The number of nitrogens with one attached hydrogen (secondary N) is 1. The van der Waals surface area contributed by atoms with Gasteiger partial charge in [-0.3, -0.25) is 0 Å². The first-order valence-electron chi connectivity index (χ1n) is 5.59. The van der Waals surface area contributed by atoms with Gasteiger partial charge in [0.1, 0.15) is 0 Å². The molecule has 1 aliphatic rings. The first-order valence-corrected chi connectivity index (χ1v) is 5.97. The SMILES string of the molecule is CCNc1ccc(N2CCCC2)c(Cl)c1. The molecule has 1 aromatic rings. The second-order valence-electron chi connectivity index (χ2n) is 3.89. The average molecular weight is 225 g/mol. The number of rotatable bonds is 3. The van der Waals surface area contributed by atoms with Crippen molar-refractivity contribution in [3.05, 3.63) is 23.2 Å². The zero-order chi connectivity index (χ0) is 10.7. The molecule has 1 aliphatic heterocycles. The maximum atomic E-state index is 6.26. The largest absolute Gasteiger partial charge is 0.385 e. The van der Waals surface area contributed by atoms with E-state index in [-0.39, 0.29) is 0 Å². The van der Waals surface area contributed by atoms with Crippen molar-refractivity contribution < 1.29 is 0 Å². The van der Waals surface area contributed by atoms with Gasteiger partial charge in [0.15, 0.2) is 0 Å². The van der Waals surface area contributed by atoms with E-state index in [0.717, 1.165) is 30.3 Å². The van der Waals surface area contributed by atoms with Gasteiger partial charge in [0, 0.05) is 25.3 Å². The van der Waals surface area contributed by atoms with Crippen LogP contribution < -0.4 is 10.2 Å². The molecular formula is C12H17ClN2. The number of hydrogen-bond donors (Lipinski definition) is 1. The van der Waals surface area contributed by atoms with Crippen molar-refractivity contribution in [1.82, 2.24) is 0 Å². The fourth-order valence-electron chi connectivity index (χ4n) is 2.04. The van der Waals surface area contributed by atoms with Crippen molar-refractivity contribution in [2.75, 3.05) is 29.9 Å². The van der Waals surface area contributed by atoms with Gasteiger partial charge in [-0.1, -0.05) is 11.6 Å². The van der Waals surface area contributed by atoms with Crippen molar-refractivity contribution in [2.24, 2.45) is 0 Å². The van der Waals surface area contributed by atoms with E-state index in [4.69, 9.17) is 11.6 Å². The van der Waals surface area contributed by atoms with Crippen LogP contribution in [-0.4, -0.2) is 19.6 Å². The lowest BCUT2D eigenvalue weighted by Gasteiger charge is -2.19. The molecule has 3 heteroatoms. The van der Waals surface area contributed by atoms with Crippen molar-refractivity contribution in [3.8, 4) is 0 Å². The van der Waals surface area contributed by atoms with Gasteiger partial charge >= 0.3 is 0 Å². The molecule has 1 aromatic carbocycles. The molecule has 0 unspecified atom stereocenters. The highest BCUT2D eigenvalue weighted by Crippen LogP contribution is 2.30. The second kappa shape index (κ2) is 4.75. The highest BCUT2D eigenvalue weighted by atomic mass is 35.5. The summed E-state index contributed by atoms with van der Waals surface area (Å²) in [7, 11) is 0. The van der Waals surface area contributed by atoms with Crippen LogP contribution in [0.25, 0.3) is 0 Å². The van der Waals surface area contributed by atoms with E-state index >= 15 is 0 Å². The van der Waals surface area contributed by atoms with E-state index in [2.05, 4.69) is 29.3 Å². The third kappa shape index (κ3) is 2.37. The van der Waals surface area contributed by atoms with Crippen molar-refractivity contribution >= 4 is 23.0 Å². The van der Waals surface area contributed by atoms with Crippen LogP contribution in [0.1, 0.15) is 19.8 Å². The quantitative estimate of drug-likeness (QED) is 0.847. The minimum Gasteiger partial charge on any atom is -0.385 e. The van der Waals surface area contributed by atoms with Crippen LogP contribution in [0.3, 0.4) is 0 Å². The molecule has 0 saturated carbocycles. The van der Waals surface area contributed by atoms with Gasteiger partial charge < -0.3 is 10.2 Å². The lowest BCUT2D eigenvalue weighted by Crippen LogP contribution is -2.17. The molecule has 15 heavy (non-hydrogen) atoms. The van der Waals surface area contributed by atoms with Crippen LogP contribution in [-0.2, 0) is 0 Å². The first-order chi connectivity index (χ1) is 7.31. The Hall–Kier alpha value is -0.890. The summed E-state index contributed by atoms with van der Waals surface area (Å²) < 4.78 is 0. The summed E-state index contributed by atoms with van der Waals surface area (Å²) in [5.74, 6) is 0. The van der Waals surface area contributed by atoms with Gasteiger partial charge in [-0.05, 0) is 38.0 Å². The van der Waals surface area contributed by atoms with Gasteiger partial charge in [-0.15, -0.1) is 0 Å². The van der Waals surface area contributed by atoms with Gasteiger partial charge in [-0.25, -0.2) is 0 Å². The Morgan fingerprint density at radius 2 is 2.07 bits per heavy atom. The number of nitrogens with zero attached hydrogens (tertiary/aromatic N) is 1. The summed E-state index contributed by atoms with van der Waals surface area (Å²) in [4.78, 5) is 2.36. The number of anilines is 2. The third-order valence-electron chi connectivity index (χ3n) is 2.78. The number of hydrogen-bond acceptors (Lipinski definition) is 2. The smallest absolute Gasteiger partial charge is 0.0660 e. The summed E-state index contributed by atoms with van der Waals surface area (Å²) in [6.07, 6.45) is 2.57. The summed E-state index contributed by atoms with van der Waals surface area (Å²) in [5.41, 5.74) is 2.28. The number of benzene rings is 1. The summed E-state index contributed by atoms with van der Waals surface area (Å²) >= 11 is 6.26. The van der Waals surface area contributed by atoms with E-state index in [1.54, 1.807) is 0 Å². The predicted octanol–water partition coefficient (Wildman–Crippen LogP) is 3.37. The van der Waals surface area contributed by atoms with E-state index in [1.807, 2.05) is 6.07 Å². The molecule has 0 spiro atoms. The summed E-state index contributed by atoms with van der Waals surface area (Å²) in [6, 6.07) is 6.23. The Labute approximate surface area is 96.2 Å². The normalized spacial score (nSPS) is 15.7. The maximum Gasteiger partial charge on any atom is 0.0660 e. The molecule has 2 rings (SSSR count). The van der Waals surface area contributed by atoms with Crippen LogP contribution >= 0.6 is 11.6 Å². The van der Waals surface area contributed by atoms with E-state index in [9.17, 15) is 0 Å². The fraction of sp³-hybridized carbons (Fsp3) is 0.500. The van der Waals surface area contributed by atoms with E-state index < -0.39 is 0 Å². The Morgan fingerprint density at radius 3 is 2.67 bits per heavy atom. The lowest BCUT2D eigenvalue weighted by molar-refractivity contribution is 0.949. The standard InChI is InChI=1S/C12H17ClN2/c1-2-14-10-5-6-12(11(13)9-10)15-7-3-4-8-15/h5-6,9,14H,2-4,7-8H2,1H3. The lowest BCUT2D eigenvalue weighted by atomic mass is 10.2. The van der Waals surface area contributed by atoms with Gasteiger partial charge in [-0.2, -0.15) is 0 Å². The van der Waals surface area contributed by atoms with Crippen molar-refractivity contribution in [1.29, 1.82) is 0 Å². The highest BCUT2D eigenvalue weighted by molar-refractivity contribution is 6.33. The van der Waals surface area contributed by atoms with Crippen molar-refractivity contribution in [3.63, 3.8) is 0 Å². The summed E-state index contributed by atoms with van der Waals surface area (Å²) in [6.45, 7) is 5.29. The van der Waals surface area contributed by atoms with Gasteiger partial charge in [0.2, 0.25) is 0 Å². The minimum absolute atomic E-state index is 0.857.